The Kier molecular flexibility index (Phi) is 5.18. The minimum atomic E-state index is -4.31. The van der Waals surface area contributed by atoms with Crippen LogP contribution >= 0.6 is 0 Å². The number of ether oxygens (including phenoxy) is 1. The zero-order valence-electron chi connectivity index (χ0n) is 17.2. The molecule has 1 aromatic rings. The fourth-order valence-electron chi connectivity index (χ4n) is 5.29. The maximum Gasteiger partial charge on any atom is 0.416 e. The SMILES string of the molecule is CC(C)[C@H]1CO[C@]23CCN(Cc4ccc(C(F)(F)F)cc4)C[C@H]2C[C@H](C)C(=O)N13. The molecule has 4 nitrogen and oxygen atoms in total. The van der Waals surface area contributed by atoms with Crippen molar-refractivity contribution in [3.63, 3.8) is 0 Å². The lowest BCUT2D eigenvalue weighted by atomic mass is 9.75. The maximum atomic E-state index is 13.0. The summed E-state index contributed by atoms with van der Waals surface area (Å²) in [5, 5.41) is 0. The number of halogens is 3. The van der Waals surface area contributed by atoms with Gasteiger partial charge in [0.25, 0.3) is 0 Å². The minimum Gasteiger partial charge on any atom is -0.353 e. The summed E-state index contributed by atoms with van der Waals surface area (Å²) in [4.78, 5) is 17.3. The molecule has 0 bridgehead atoms. The summed E-state index contributed by atoms with van der Waals surface area (Å²) < 4.78 is 44.7. The van der Waals surface area contributed by atoms with E-state index in [2.05, 4.69) is 18.7 Å². The first kappa shape index (κ1) is 20.7. The third-order valence-electron chi connectivity index (χ3n) is 6.90. The quantitative estimate of drug-likeness (QED) is 0.751. The van der Waals surface area contributed by atoms with E-state index in [1.807, 2.05) is 11.8 Å². The normalized spacial score (nSPS) is 33.1. The number of alkyl halides is 3. The van der Waals surface area contributed by atoms with Crippen LogP contribution in [0, 0.1) is 17.8 Å². The van der Waals surface area contributed by atoms with Gasteiger partial charge in [-0.1, -0.05) is 32.9 Å². The van der Waals surface area contributed by atoms with Gasteiger partial charge in [-0.25, -0.2) is 0 Å². The van der Waals surface area contributed by atoms with Crippen molar-refractivity contribution in [1.82, 2.24) is 9.80 Å². The topological polar surface area (TPSA) is 32.8 Å². The molecule has 160 valence electrons. The summed E-state index contributed by atoms with van der Waals surface area (Å²) in [5.41, 5.74) is -0.249. The van der Waals surface area contributed by atoms with Crippen LogP contribution in [0.2, 0.25) is 0 Å². The van der Waals surface area contributed by atoms with E-state index in [9.17, 15) is 18.0 Å². The van der Waals surface area contributed by atoms with Crippen molar-refractivity contribution >= 4 is 5.91 Å². The molecule has 4 atom stereocenters. The molecule has 3 fully saturated rings. The first-order valence-electron chi connectivity index (χ1n) is 10.5. The third-order valence-corrected chi connectivity index (χ3v) is 6.90. The molecule has 3 aliphatic rings. The van der Waals surface area contributed by atoms with Crippen molar-refractivity contribution in [2.75, 3.05) is 19.7 Å². The fraction of sp³-hybridized carbons (Fsp3) is 0.682. The first-order valence-corrected chi connectivity index (χ1v) is 10.5. The molecule has 0 N–H and O–H groups in total. The number of carbonyl (C=O) groups is 1. The number of hydrogen-bond acceptors (Lipinski definition) is 3. The van der Waals surface area contributed by atoms with Gasteiger partial charge in [-0.05, 0) is 30.0 Å². The van der Waals surface area contributed by atoms with Crippen molar-refractivity contribution in [3.05, 3.63) is 35.4 Å². The summed E-state index contributed by atoms with van der Waals surface area (Å²) in [6, 6.07) is 5.55. The van der Waals surface area contributed by atoms with Crippen LogP contribution in [0.1, 0.15) is 44.7 Å². The van der Waals surface area contributed by atoms with Crippen LogP contribution in [0.15, 0.2) is 24.3 Å². The smallest absolute Gasteiger partial charge is 0.353 e. The number of likely N-dealkylation sites (tertiary alicyclic amines) is 1. The number of piperidine rings is 2. The van der Waals surface area contributed by atoms with Gasteiger partial charge in [0.15, 0.2) is 0 Å². The summed E-state index contributed by atoms with van der Waals surface area (Å²) in [7, 11) is 0. The highest BCUT2D eigenvalue weighted by Gasteiger charge is 2.60. The third kappa shape index (κ3) is 3.56. The van der Waals surface area contributed by atoms with Gasteiger partial charge in [-0.2, -0.15) is 13.2 Å². The molecule has 0 aliphatic carbocycles. The van der Waals surface area contributed by atoms with Crippen LogP contribution in [0.25, 0.3) is 0 Å². The first-order chi connectivity index (χ1) is 13.6. The molecule has 3 saturated heterocycles. The molecule has 0 unspecified atom stereocenters. The molecule has 1 aromatic carbocycles. The average Bonchev–Trinajstić information content (AvgIpc) is 3.04. The highest BCUT2D eigenvalue weighted by Crippen LogP contribution is 2.49. The van der Waals surface area contributed by atoms with Crippen molar-refractivity contribution in [2.45, 2.75) is 58.1 Å². The van der Waals surface area contributed by atoms with Crippen LogP contribution in [0.4, 0.5) is 13.2 Å². The Balaban J connectivity index is 1.49. The predicted octanol–water partition coefficient (Wildman–Crippen LogP) is 4.15. The van der Waals surface area contributed by atoms with Crippen molar-refractivity contribution in [3.8, 4) is 0 Å². The second kappa shape index (κ2) is 7.27. The summed E-state index contributed by atoms with van der Waals surface area (Å²) in [5.74, 6) is 0.743. The second-order valence-corrected chi connectivity index (χ2v) is 9.19. The van der Waals surface area contributed by atoms with E-state index in [-0.39, 0.29) is 23.8 Å². The molecule has 1 spiro atoms. The number of rotatable bonds is 3. The van der Waals surface area contributed by atoms with E-state index >= 15 is 0 Å². The number of nitrogens with zero attached hydrogens (tertiary/aromatic N) is 2. The number of benzene rings is 1. The van der Waals surface area contributed by atoms with E-state index < -0.39 is 17.5 Å². The molecular weight excluding hydrogens is 381 g/mol. The van der Waals surface area contributed by atoms with Gasteiger partial charge in [-0.15, -0.1) is 0 Å². The van der Waals surface area contributed by atoms with Crippen LogP contribution in [0.5, 0.6) is 0 Å². The van der Waals surface area contributed by atoms with E-state index in [4.69, 9.17) is 4.74 Å². The summed E-state index contributed by atoms with van der Waals surface area (Å²) in [6.45, 7) is 9.02. The minimum absolute atomic E-state index is 0.0258. The van der Waals surface area contributed by atoms with Crippen LogP contribution in [0.3, 0.4) is 0 Å². The Morgan fingerprint density at radius 3 is 2.55 bits per heavy atom. The zero-order valence-corrected chi connectivity index (χ0v) is 17.2. The number of carbonyl (C=O) groups excluding carboxylic acids is 1. The lowest BCUT2D eigenvalue weighted by Gasteiger charge is -2.54. The zero-order chi connectivity index (χ0) is 21.0. The Morgan fingerprint density at radius 1 is 1.24 bits per heavy atom. The molecule has 3 heterocycles. The Morgan fingerprint density at radius 2 is 1.93 bits per heavy atom. The Bertz CT molecular complexity index is 764. The molecule has 1 amide bonds. The van der Waals surface area contributed by atoms with Gasteiger partial charge in [0.1, 0.15) is 5.72 Å². The van der Waals surface area contributed by atoms with Crippen molar-refractivity contribution in [1.29, 1.82) is 0 Å². The van der Waals surface area contributed by atoms with Crippen molar-refractivity contribution < 1.29 is 22.7 Å². The Labute approximate surface area is 170 Å². The highest BCUT2D eigenvalue weighted by atomic mass is 19.4. The standard InChI is InChI=1S/C22H29F3N2O2/c1-14(2)19-13-29-21-8-9-26(12-18(21)10-15(3)20(28)27(19)21)11-16-4-6-17(7-5-16)22(23,24)25/h4-7,14-15,18-19H,8-13H2,1-3H3/t15-,18+,19+,21+/m0/s1. The molecule has 0 saturated carbocycles. The maximum absolute atomic E-state index is 13.0. The van der Waals surface area contributed by atoms with E-state index in [1.165, 1.54) is 0 Å². The van der Waals surface area contributed by atoms with Gasteiger partial charge >= 0.3 is 6.18 Å². The molecule has 7 heteroatoms. The second-order valence-electron chi connectivity index (χ2n) is 9.19. The lowest BCUT2D eigenvalue weighted by molar-refractivity contribution is -0.199. The molecule has 3 aliphatic heterocycles. The van der Waals surface area contributed by atoms with E-state index in [0.29, 0.717) is 19.1 Å². The summed E-state index contributed by atoms with van der Waals surface area (Å²) >= 11 is 0. The molecule has 0 aromatic heterocycles. The van der Waals surface area contributed by atoms with Gasteiger partial charge < -0.3 is 9.64 Å². The molecule has 0 radical (unpaired) electrons. The monoisotopic (exact) mass is 410 g/mol. The predicted molar refractivity (Wildman–Crippen MR) is 103 cm³/mol. The van der Waals surface area contributed by atoms with Crippen LogP contribution in [-0.2, 0) is 22.3 Å². The van der Waals surface area contributed by atoms with Gasteiger partial charge in [0.05, 0.1) is 18.2 Å². The molecule has 4 rings (SSSR count). The lowest BCUT2D eigenvalue weighted by Crippen LogP contribution is -2.66. The van der Waals surface area contributed by atoms with Crippen molar-refractivity contribution in [2.24, 2.45) is 17.8 Å². The van der Waals surface area contributed by atoms with Gasteiger partial charge in [0.2, 0.25) is 5.91 Å². The van der Waals surface area contributed by atoms with E-state index in [1.54, 1.807) is 12.1 Å². The molecule has 29 heavy (non-hydrogen) atoms. The largest absolute Gasteiger partial charge is 0.416 e. The number of hydrogen-bond donors (Lipinski definition) is 0. The fourth-order valence-corrected chi connectivity index (χ4v) is 5.29. The van der Waals surface area contributed by atoms with Gasteiger partial charge in [0, 0.05) is 37.9 Å². The number of amides is 1. The highest BCUT2D eigenvalue weighted by molar-refractivity contribution is 5.81. The van der Waals surface area contributed by atoms with Gasteiger partial charge in [-0.3, -0.25) is 9.69 Å². The summed E-state index contributed by atoms with van der Waals surface area (Å²) in [6.07, 6.45) is -2.76. The van der Waals surface area contributed by atoms with Crippen LogP contribution in [-0.4, -0.2) is 47.2 Å². The Hall–Kier alpha value is -1.60. The average molecular weight is 410 g/mol. The van der Waals surface area contributed by atoms with Crippen LogP contribution < -0.4 is 0 Å². The van der Waals surface area contributed by atoms with E-state index in [0.717, 1.165) is 43.6 Å². The molecular formula is C22H29F3N2O2.